The van der Waals surface area contributed by atoms with E-state index in [1.54, 1.807) is 17.3 Å². The van der Waals surface area contributed by atoms with E-state index in [2.05, 4.69) is 4.98 Å². The Hall–Kier alpha value is -1.49. The van der Waals surface area contributed by atoms with Crippen molar-refractivity contribution in [2.45, 2.75) is 51.3 Å². The van der Waals surface area contributed by atoms with Gasteiger partial charge in [0.25, 0.3) is 0 Å². The van der Waals surface area contributed by atoms with Crippen molar-refractivity contribution >= 4 is 6.09 Å². The van der Waals surface area contributed by atoms with E-state index in [4.69, 9.17) is 4.74 Å². The molecule has 1 saturated carbocycles. The van der Waals surface area contributed by atoms with Gasteiger partial charge in [-0.2, -0.15) is 0 Å². The molecule has 0 saturated heterocycles. The van der Waals surface area contributed by atoms with Crippen LogP contribution in [0.2, 0.25) is 0 Å². The Labute approximate surface area is 113 Å². The minimum Gasteiger partial charge on any atom is -0.444 e. The fourth-order valence-electron chi connectivity index (χ4n) is 2.10. The molecule has 1 heterocycles. The minimum atomic E-state index is -0.525. The van der Waals surface area contributed by atoms with Crippen LogP contribution in [0.15, 0.2) is 18.5 Å². The van der Waals surface area contributed by atoms with Gasteiger partial charge < -0.3 is 14.8 Å². The summed E-state index contributed by atoms with van der Waals surface area (Å²) >= 11 is 0. The molecule has 0 spiro atoms. The highest BCUT2D eigenvalue weighted by Crippen LogP contribution is 2.35. The Morgan fingerprint density at radius 2 is 2.26 bits per heavy atom. The molecule has 2 N–H and O–H groups in total. The van der Waals surface area contributed by atoms with Gasteiger partial charge in [-0.05, 0) is 45.2 Å². The molecule has 1 amide bonds. The lowest BCUT2D eigenvalue weighted by atomic mass is 10.1. The van der Waals surface area contributed by atoms with Gasteiger partial charge in [-0.25, -0.2) is 4.79 Å². The number of carbonyl (C=O) groups is 1. The summed E-state index contributed by atoms with van der Waals surface area (Å²) < 4.78 is 5.45. The normalized spacial score (nSPS) is 17.1. The number of nitrogens with zero attached hydrogens (tertiary/aromatic N) is 1. The van der Waals surface area contributed by atoms with Crippen molar-refractivity contribution in [3.05, 3.63) is 24.0 Å². The highest BCUT2D eigenvalue weighted by Gasteiger charge is 2.40. The van der Waals surface area contributed by atoms with Crippen molar-refractivity contribution in [3.8, 4) is 0 Å². The van der Waals surface area contributed by atoms with Crippen molar-refractivity contribution in [1.82, 2.24) is 9.88 Å². The van der Waals surface area contributed by atoms with Crippen LogP contribution in [0, 0.1) is 0 Å². The number of amides is 1. The molecule has 1 aliphatic rings. The Morgan fingerprint density at radius 3 is 2.68 bits per heavy atom. The summed E-state index contributed by atoms with van der Waals surface area (Å²) in [5, 5.41) is 9.63. The molecule has 1 fully saturated rings. The van der Waals surface area contributed by atoms with Gasteiger partial charge in [0.1, 0.15) is 5.60 Å². The van der Waals surface area contributed by atoms with Crippen molar-refractivity contribution in [3.63, 3.8) is 0 Å². The molecule has 1 aromatic rings. The molecule has 0 bridgehead atoms. The number of aliphatic hydroxyl groups excluding tert-OH is 1. The lowest BCUT2D eigenvalue weighted by Crippen LogP contribution is -2.41. The quantitative estimate of drug-likeness (QED) is 0.879. The molecule has 1 aliphatic carbocycles. The molecule has 0 radical (unpaired) electrons. The maximum atomic E-state index is 12.3. The predicted molar refractivity (Wildman–Crippen MR) is 71.7 cm³/mol. The molecule has 1 atom stereocenters. The zero-order valence-corrected chi connectivity index (χ0v) is 11.7. The number of ether oxygens (including phenoxy) is 1. The van der Waals surface area contributed by atoms with Gasteiger partial charge in [-0.15, -0.1) is 0 Å². The third kappa shape index (κ3) is 3.50. The first-order chi connectivity index (χ1) is 8.92. The Balaban J connectivity index is 2.17. The third-order valence-corrected chi connectivity index (χ3v) is 3.06. The largest absolute Gasteiger partial charge is 0.444 e. The summed E-state index contributed by atoms with van der Waals surface area (Å²) in [6.07, 6.45) is 5.19. The van der Waals surface area contributed by atoms with E-state index >= 15 is 0 Å². The van der Waals surface area contributed by atoms with Gasteiger partial charge in [-0.3, -0.25) is 4.90 Å². The number of aromatic nitrogens is 1. The lowest BCUT2D eigenvalue weighted by Gasteiger charge is -2.32. The number of carbonyl (C=O) groups excluding carboxylic acids is 1. The molecule has 19 heavy (non-hydrogen) atoms. The van der Waals surface area contributed by atoms with Crippen LogP contribution in [0.1, 0.15) is 45.2 Å². The molecule has 106 valence electrons. The second kappa shape index (κ2) is 5.25. The maximum absolute atomic E-state index is 12.3. The number of rotatable bonds is 4. The van der Waals surface area contributed by atoms with E-state index < -0.39 is 5.60 Å². The number of hydrogen-bond donors (Lipinski definition) is 2. The summed E-state index contributed by atoms with van der Waals surface area (Å²) in [6, 6.07) is 1.72. The summed E-state index contributed by atoms with van der Waals surface area (Å²) in [4.78, 5) is 16.9. The van der Waals surface area contributed by atoms with Crippen LogP contribution < -0.4 is 0 Å². The van der Waals surface area contributed by atoms with Crippen LogP contribution in [0.25, 0.3) is 0 Å². The smallest absolute Gasteiger partial charge is 0.411 e. The van der Waals surface area contributed by atoms with Crippen molar-refractivity contribution < 1.29 is 14.6 Å². The van der Waals surface area contributed by atoms with Crippen LogP contribution in [-0.4, -0.2) is 39.3 Å². The van der Waals surface area contributed by atoms with Crippen LogP contribution >= 0.6 is 0 Å². The van der Waals surface area contributed by atoms with E-state index in [9.17, 15) is 9.90 Å². The van der Waals surface area contributed by atoms with Crippen LogP contribution in [0.3, 0.4) is 0 Å². The highest BCUT2D eigenvalue weighted by molar-refractivity contribution is 5.69. The molecule has 1 aromatic heterocycles. The molecule has 2 rings (SSSR count). The lowest BCUT2D eigenvalue weighted by molar-refractivity contribution is 0.00651. The summed E-state index contributed by atoms with van der Waals surface area (Å²) in [7, 11) is 0. The fourth-order valence-corrected chi connectivity index (χ4v) is 2.10. The molecule has 5 heteroatoms. The number of hydrogen-bond acceptors (Lipinski definition) is 3. The van der Waals surface area contributed by atoms with Crippen LogP contribution in [0.5, 0.6) is 0 Å². The van der Waals surface area contributed by atoms with Gasteiger partial charge in [0.2, 0.25) is 0 Å². The Bertz CT molecular complexity index is 418. The maximum Gasteiger partial charge on any atom is 0.411 e. The molecular weight excluding hydrogens is 244 g/mol. The van der Waals surface area contributed by atoms with E-state index in [0.29, 0.717) is 0 Å². The summed E-state index contributed by atoms with van der Waals surface area (Å²) in [6.45, 7) is 5.44. The SMILES string of the molecule is CC(C)(C)OC(=O)N(C1CC1)C(CO)c1cc[nH]c1. The average Bonchev–Trinajstić information content (AvgIpc) is 2.97. The van der Waals surface area contributed by atoms with E-state index in [-0.39, 0.29) is 24.8 Å². The first kappa shape index (κ1) is 13.9. The third-order valence-electron chi connectivity index (χ3n) is 3.06. The number of aliphatic hydroxyl groups is 1. The predicted octanol–water partition coefficient (Wildman–Crippen LogP) is 2.45. The Kier molecular flexibility index (Phi) is 3.85. The number of H-pyrrole nitrogens is 1. The first-order valence-corrected chi connectivity index (χ1v) is 6.67. The van der Waals surface area contributed by atoms with Crippen molar-refractivity contribution in [1.29, 1.82) is 0 Å². The average molecular weight is 266 g/mol. The zero-order chi connectivity index (χ0) is 14.0. The van der Waals surface area contributed by atoms with Crippen molar-refractivity contribution in [2.75, 3.05) is 6.61 Å². The van der Waals surface area contributed by atoms with Crippen molar-refractivity contribution in [2.24, 2.45) is 0 Å². The van der Waals surface area contributed by atoms with E-state index in [1.807, 2.05) is 26.8 Å². The number of aromatic amines is 1. The summed E-state index contributed by atoms with van der Waals surface area (Å²) in [5.74, 6) is 0. The van der Waals surface area contributed by atoms with E-state index in [1.165, 1.54) is 0 Å². The molecule has 1 unspecified atom stereocenters. The second-order valence-electron chi connectivity index (χ2n) is 5.96. The first-order valence-electron chi connectivity index (χ1n) is 6.67. The fraction of sp³-hybridized carbons (Fsp3) is 0.643. The standard InChI is InChI=1S/C14H22N2O3/c1-14(2,3)19-13(18)16(11-4-5-11)12(9-17)10-6-7-15-8-10/h6-8,11-12,15,17H,4-5,9H2,1-3H3. The van der Waals surface area contributed by atoms with Crippen LogP contribution in [-0.2, 0) is 4.74 Å². The molecule has 0 aliphatic heterocycles. The topological polar surface area (TPSA) is 65.6 Å². The molecule has 0 aromatic carbocycles. The van der Waals surface area contributed by atoms with E-state index in [0.717, 1.165) is 18.4 Å². The summed E-state index contributed by atoms with van der Waals surface area (Å²) in [5.41, 5.74) is 0.378. The van der Waals surface area contributed by atoms with Gasteiger partial charge in [-0.1, -0.05) is 0 Å². The van der Waals surface area contributed by atoms with Crippen LogP contribution in [0.4, 0.5) is 4.79 Å². The van der Waals surface area contributed by atoms with Gasteiger partial charge in [0.05, 0.1) is 12.6 Å². The second-order valence-corrected chi connectivity index (χ2v) is 5.96. The van der Waals surface area contributed by atoms with Gasteiger partial charge in [0.15, 0.2) is 0 Å². The highest BCUT2D eigenvalue weighted by atomic mass is 16.6. The molecular formula is C14H22N2O3. The zero-order valence-electron chi connectivity index (χ0n) is 11.7. The molecule has 5 nitrogen and oxygen atoms in total. The Morgan fingerprint density at radius 1 is 1.58 bits per heavy atom. The minimum absolute atomic E-state index is 0.104. The van der Waals surface area contributed by atoms with Gasteiger partial charge in [0, 0.05) is 18.4 Å². The number of nitrogens with one attached hydrogen (secondary N) is 1. The van der Waals surface area contributed by atoms with Gasteiger partial charge >= 0.3 is 6.09 Å². The monoisotopic (exact) mass is 266 g/mol.